The molecule has 0 aliphatic heterocycles. The van der Waals surface area contributed by atoms with Gasteiger partial charge in [0.25, 0.3) is 0 Å². The number of aromatic nitrogens is 2. The van der Waals surface area contributed by atoms with Gasteiger partial charge in [0, 0.05) is 0 Å². The molecule has 1 aromatic heterocycles. The molecule has 0 atom stereocenters. The molecule has 3 aromatic rings. The van der Waals surface area contributed by atoms with Gasteiger partial charge in [0.15, 0.2) is 0 Å². The molecule has 1 N–H and O–H groups in total. The van der Waals surface area contributed by atoms with Crippen LogP contribution in [-0.2, 0) is 21.7 Å². The molecule has 5 heteroatoms. The number of halogens is 2. The van der Waals surface area contributed by atoms with E-state index in [1.165, 1.54) is 27.8 Å². The fraction of sp³-hybridized carbons (Fsp3) is 0.294. The molecule has 116 valence electrons. The number of rotatable bonds is 0. The van der Waals surface area contributed by atoms with Crippen molar-refractivity contribution in [2.75, 3.05) is 0 Å². The molecule has 3 rings (SSSR count). The fourth-order valence-electron chi connectivity index (χ4n) is 2.23. The molecule has 0 fully saturated rings. The Morgan fingerprint density at radius 3 is 1.86 bits per heavy atom. The van der Waals surface area contributed by atoms with Gasteiger partial charge >= 0.3 is 21.7 Å². The molecule has 2 aromatic carbocycles. The molecule has 0 saturated carbocycles. The molecule has 0 aliphatic carbocycles. The summed E-state index contributed by atoms with van der Waals surface area (Å²) in [7, 11) is 0. The third-order valence-electron chi connectivity index (χ3n) is 4.09. The van der Waals surface area contributed by atoms with Gasteiger partial charge in [-0.1, -0.05) is 46.8 Å². The smallest absolute Gasteiger partial charge is 1.00 e. The van der Waals surface area contributed by atoms with E-state index < -0.39 is 0 Å². The number of hydrogen-bond acceptors (Lipinski definition) is 1. The van der Waals surface area contributed by atoms with Crippen molar-refractivity contribution in [3.05, 3.63) is 58.3 Å². The molecule has 1 heterocycles. The van der Waals surface area contributed by atoms with Crippen molar-refractivity contribution in [2.24, 2.45) is 0 Å². The summed E-state index contributed by atoms with van der Waals surface area (Å²) in [4.78, 5) is 0. The van der Waals surface area contributed by atoms with Crippen molar-refractivity contribution in [3.8, 4) is 0 Å². The maximum absolute atomic E-state index is 3.75. The second kappa shape index (κ2) is 10.2. The van der Waals surface area contributed by atoms with Gasteiger partial charge in [-0.3, -0.25) is 5.10 Å². The monoisotopic (exact) mass is 370 g/mol. The molecular formula is C17H20Cl2N2Ti. The van der Waals surface area contributed by atoms with Crippen molar-refractivity contribution in [2.45, 2.75) is 34.6 Å². The van der Waals surface area contributed by atoms with Crippen molar-refractivity contribution in [1.82, 2.24) is 10.2 Å². The first-order valence-corrected chi connectivity index (χ1v) is 6.52. The first kappa shape index (κ1) is 23.6. The molecule has 0 saturated heterocycles. The second-order valence-electron chi connectivity index (χ2n) is 5.01. The minimum Gasteiger partial charge on any atom is -1.00 e. The summed E-state index contributed by atoms with van der Waals surface area (Å²) in [5.41, 5.74) is 8.38. The largest absolute Gasteiger partial charge is 4.00 e. The van der Waals surface area contributed by atoms with Crippen LogP contribution in [-0.4, -0.2) is 10.2 Å². The van der Waals surface area contributed by atoms with E-state index >= 15 is 0 Å². The summed E-state index contributed by atoms with van der Waals surface area (Å²) < 4.78 is 0. The van der Waals surface area contributed by atoms with E-state index in [9.17, 15) is 0 Å². The van der Waals surface area contributed by atoms with Gasteiger partial charge in [-0.05, 0) is 11.7 Å². The van der Waals surface area contributed by atoms with Crippen LogP contribution in [0.1, 0.15) is 27.8 Å². The third-order valence-corrected chi connectivity index (χ3v) is 4.09. The number of fused-ring (bicyclic) bond motifs is 1. The molecule has 22 heavy (non-hydrogen) atoms. The summed E-state index contributed by atoms with van der Waals surface area (Å²) >= 11 is 0. The first-order chi connectivity index (χ1) is 9.02. The summed E-state index contributed by atoms with van der Waals surface area (Å²) in [6.07, 6.45) is 2.81. The minimum absolute atomic E-state index is 0. The van der Waals surface area contributed by atoms with Crippen molar-refractivity contribution in [3.63, 3.8) is 0 Å². The van der Waals surface area contributed by atoms with Gasteiger partial charge in [0.1, 0.15) is 0 Å². The van der Waals surface area contributed by atoms with Crippen LogP contribution in [0.4, 0.5) is 0 Å². The number of aromatic amines is 1. The van der Waals surface area contributed by atoms with Gasteiger partial charge in [-0.2, -0.15) is 33.9 Å². The van der Waals surface area contributed by atoms with E-state index in [0.717, 1.165) is 10.9 Å². The molecule has 0 radical (unpaired) electrons. The van der Waals surface area contributed by atoms with Gasteiger partial charge in [-0.15, -0.1) is 11.5 Å². The Hall–Kier alpha value is -0.666. The zero-order chi connectivity index (χ0) is 14.0. The predicted octanol–water partition coefficient (Wildman–Crippen LogP) is -1.68. The average molecular weight is 371 g/mol. The van der Waals surface area contributed by atoms with Crippen molar-refractivity contribution >= 4 is 10.9 Å². The van der Waals surface area contributed by atoms with Gasteiger partial charge in [0.05, 0.1) is 0 Å². The van der Waals surface area contributed by atoms with Crippen molar-refractivity contribution < 1.29 is 46.5 Å². The normalized spacial score (nSPS) is 8.95. The van der Waals surface area contributed by atoms with E-state index in [1.807, 2.05) is 24.3 Å². The molecular weight excluding hydrogens is 351 g/mol. The Bertz CT molecular complexity index is 592. The topological polar surface area (TPSA) is 28.7 Å². The fourth-order valence-corrected chi connectivity index (χ4v) is 2.23. The molecule has 0 bridgehead atoms. The number of nitrogens with zero attached hydrogens (tertiary/aromatic N) is 1. The van der Waals surface area contributed by atoms with Crippen LogP contribution in [0.5, 0.6) is 0 Å². The number of benzene rings is 1. The van der Waals surface area contributed by atoms with Crippen molar-refractivity contribution in [1.29, 1.82) is 0 Å². The van der Waals surface area contributed by atoms with E-state index in [4.69, 9.17) is 0 Å². The van der Waals surface area contributed by atoms with E-state index in [1.54, 1.807) is 0 Å². The Kier molecular flexibility index (Phi) is 10.9. The summed E-state index contributed by atoms with van der Waals surface area (Å²) in [6, 6.07) is 7.88. The summed E-state index contributed by atoms with van der Waals surface area (Å²) in [5.74, 6) is 0. The zero-order valence-electron chi connectivity index (χ0n) is 13.5. The van der Waals surface area contributed by atoms with Gasteiger partial charge in [-0.25, -0.2) is 0 Å². The van der Waals surface area contributed by atoms with E-state index in [2.05, 4.69) is 51.0 Å². The van der Waals surface area contributed by atoms with Crippen LogP contribution in [0.2, 0.25) is 0 Å². The van der Waals surface area contributed by atoms with Gasteiger partial charge in [0.2, 0.25) is 0 Å². The van der Waals surface area contributed by atoms with Crippen LogP contribution in [0, 0.1) is 40.8 Å². The maximum Gasteiger partial charge on any atom is 4.00 e. The Morgan fingerprint density at radius 2 is 1.45 bits per heavy atom. The standard InChI is InChI=1S/C10H15.C7H5N2.2ClH.Ti/c1-6-7(2)9(4)10(5)8(6)3;1-2-4-7-6(3-1)5-8-9-7;;;/h1-5H3;1-4H,(H,8,9);2*1H;/q2*-1;;;+4/p-2. The molecule has 0 unspecified atom stereocenters. The van der Waals surface area contributed by atoms with E-state index in [-0.39, 0.29) is 46.5 Å². The molecule has 0 amide bonds. The molecule has 0 spiro atoms. The zero-order valence-corrected chi connectivity index (χ0v) is 16.6. The van der Waals surface area contributed by atoms with Gasteiger partial charge < -0.3 is 29.9 Å². The maximum atomic E-state index is 3.75. The minimum atomic E-state index is 0. The average Bonchev–Trinajstić information content (AvgIpc) is 2.97. The van der Waals surface area contributed by atoms with Crippen LogP contribution in [0.25, 0.3) is 10.9 Å². The number of nitrogens with one attached hydrogen (secondary N) is 1. The summed E-state index contributed by atoms with van der Waals surface area (Å²) in [5, 5.41) is 7.60. The van der Waals surface area contributed by atoms with Crippen LogP contribution < -0.4 is 24.8 Å². The Balaban J connectivity index is 0. The predicted molar refractivity (Wildman–Crippen MR) is 80.6 cm³/mol. The third kappa shape index (κ3) is 4.92. The van der Waals surface area contributed by atoms with Crippen LogP contribution in [0.15, 0.2) is 24.3 Å². The first-order valence-electron chi connectivity index (χ1n) is 6.52. The molecule has 2 nitrogen and oxygen atoms in total. The Labute approximate surface area is 160 Å². The SMILES string of the molecule is Cc1c(C)c(C)[c-](C)c1C.[Cl-].[Cl-].[Ti+4].[c-]1n[nH]c2ccccc12. The van der Waals surface area contributed by atoms with Crippen LogP contribution in [0.3, 0.4) is 0 Å². The number of H-pyrrole nitrogens is 1. The number of hydrogen-bond donors (Lipinski definition) is 1. The second-order valence-corrected chi connectivity index (χ2v) is 5.01. The van der Waals surface area contributed by atoms with Crippen LogP contribution >= 0.6 is 0 Å². The Morgan fingerprint density at radius 1 is 0.955 bits per heavy atom. The summed E-state index contributed by atoms with van der Waals surface area (Å²) in [6.45, 7) is 11.0. The van der Waals surface area contributed by atoms with E-state index in [0.29, 0.717) is 0 Å². The number of para-hydroxylation sites is 1. The quantitative estimate of drug-likeness (QED) is 0.371. The molecule has 0 aliphatic rings.